The van der Waals surface area contributed by atoms with Crippen LogP contribution in [0.1, 0.15) is 18.9 Å². The van der Waals surface area contributed by atoms with Crippen LogP contribution in [-0.2, 0) is 6.54 Å². The number of nitrogens with one attached hydrogen (secondary N) is 2. The van der Waals surface area contributed by atoms with Crippen molar-refractivity contribution in [1.82, 2.24) is 10.3 Å². The molecule has 0 saturated heterocycles. The Labute approximate surface area is 158 Å². The smallest absolute Gasteiger partial charge is 0.126 e. The van der Waals surface area contributed by atoms with Gasteiger partial charge in [0.25, 0.3) is 0 Å². The van der Waals surface area contributed by atoms with Crippen LogP contribution < -0.4 is 10.6 Å². The summed E-state index contributed by atoms with van der Waals surface area (Å²) in [5.41, 5.74) is 2.14. The molecule has 0 aliphatic carbocycles. The van der Waals surface area contributed by atoms with E-state index in [1.807, 2.05) is 42.5 Å². The highest BCUT2D eigenvalue weighted by Crippen LogP contribution is 2.22. The standard InChI is InChI=1S/C20H21Cl2N3/c1-14(10-11-23-13-15-6-8-17(21)18(22)12-15)24-20-9-7-16-4-2-3-5-19(16)25-20/h2-9,12,14,23H,10-11,13H2,1H3,(H,24,25). The van der Waals surface area contributed by atoms with Crippen LogP contribution in [0.3, 0.4) is 0 Å². The highest BCUT2D eigenvalue weighted by atomic mass is 35.5. The second-order valence-corrected chi connectivity index (χ2v) is 6.96. The topological polar surface area (TPSA) is 37.0 Å². The quantitative estimate of drug-likeness (QED) is 0.535. The van der Waals surface area contributed by atoms with Gasteiger partial charge < -0.3 is 10.6 Å². The number of rotatable bonds is 7. The van der Waals surface area contributed by atoms with Crippen LogP contribution in [0.15, 0.2) is 54.6 Å². The van der Waals surface area contributed by atoms with Crippen LogP contribution in [0.4, 0.5) is 5.82 Å². The van der Waals surface area contributed by atoms with Gasteiger partial charge in [0.2, 0.25) is 0 Å². The predicted molar refractivity (Wildman–Crippen MR) is 108 cm³/mol. The Bertz CT molecular complexity index is 851. The number of aromatic nitrogens is 1. The molecule has 1 aromatic heterocycles. The zero-order valence-corrected chi connectivity index (χ0v) is 15.6. The van der Waals surface area contributed by atoms with Crippen LogP contribution in [0.25, 0.3) is 10.9 Å². The second kappa shape index (κ2) is 8.52. The lowest BCUT2D eigenvalue weighted by atomic mass is 10.2. The summed E-state index contributed by atoms with van der Waals surface area (Å²) in [7, 11) is 0. The van der Waals surface area contributed by atoms with Crippen LogP contribution >= 0.6 is 23.2 Å². The Balaban J connectivity index is 1.45. The summed E-state index contributed by atoms with van der Waals surface area (Å²) < 4.78 is 0. The van der Waals surface area contributed by atoms with E-state index in [0.29, 0.717) is 16.1 Å². The third-order valence-electron chi connectivity index (χ3n) is 4.06. The molecule has 0 aliphatic rings. The molecule has 130 valence electrons. The van der Waals surface area contributed by atoms with Crippen LogP contribution in [-0.4, -0.2) is 17.6 Å². The molecular weight excluding hydrogens is 353 g/mol. The van der Waals surface area contributed by atoms with Crippen molar-refractivity contribution >= 4 is 39.9 Å². The number of nitrogens with zero attached hydrogens (tertiary/aromatic N) is 1. The average molecular weight is 374 g/mol. The van der Waals surface area contributed by atoms with Gasteiger partial charge in [-0.3, -0.25) is 0 Å². The van der Waals surface area contributed by atoms with Crippen molar-refractivity contribution in [2.75, 3.05) is 11.9 Å². The third-order valence-corrected chi connectivity index (χ3v) is 4.80. The van der Waals surface area contributed by atoms with E-state index in [-0.39, 0.29) is 0 Å². The summed E-state index contributed by atoms with van der Waals surface area (Å²) in [6.07, 6.45) is 0.996. The third kappa shape index (κ3) is 5.08. The van der Waals surface area contributed by atoms with Crippen molar-refractivity contribution in [3.63, 3.8) is 0 Å². The molecule has 0 radical (unpaired) electrons. The van der Waals surface area contributed by atoms with Crippen molar-refractivity contribution in [2.45, 2.75) is 25.9 Å². The summed E-state index contributed by atoms with van der Waals surface area (Å²) in [6.45, 7) is 3.84. The maximum absolute atomic E-state index is 6.03. The zero-order chi connectivity index (χ0) is 17.6. The van der Waals surface area contributed by atoms with E-state index >= 15 is 0 Å². The number of hydrogen-bond acceptors (Lipinski definition) is 3. The number of pyridine rings is 1. The van der Waals surface area contributed by atoms with Crippen molar-refractivity contribution < 1.29 is 0 Å². The summed E-state index contributed by atoms with van der Waals surface area (Å²) >= 11 is 12.0. The van der Waals surface area contributed by atoms with E-state index in [1.165, 1.54) is 0 Å². The lowest BCUT2D eigenvalue weighted by Gasteiger charge is -2.15. The van der Waals surface area contributed by atoms with Crippen molar-refractivity contribution in [3.8, 4) is 0 Å². The number of halogens is 2. The van der Waals surface area contributed by atoms with Gasteiger partial charge in [-0.2, -0.15) is 0 Å². The molecule has 3 aromatic rings. The molecule has 0 fully saturated rings. The fraction of sp³-hybridized carbons (Fsp3) is 0.250. The van der Waals surface area contributed by atoms with E-state index in [2.05, 4.69) is 34.7 Å². The van der Waals surface area contributed by atoms with Gasteiger partial charge in [-0.1, -0.05) is 47.5 Å². The SMILES string of the molecule is CC(CCNCc1ccc(Cl)c(Cl)c1)Nc1ccc2ccccc2n1. The van der Waals surface area contributed by atoms with Gasteiger partial charge in [-0.15, -0.1) is 0 Å². The number of benzene rings is 2. The first-order valence-corrected chi connectivity index (χ1v) is 9.14. The molecule has 2 aromatic carbocycles. The first-order chi connectivity index (χ1) is 12.1. The minimum absolute atomic E-state index is 0.329. The predicted octanol–water partition coefficient (Wildman–Crippen LogP) is 5.52. The molecule has 0 saturated carbocycles. The monoisotopic (exact) mass is 373 g/mol. The molecule has 1 unspecified atom stereocenters. The van der Waals surface area contributed by atoms with Gasteiger partial charge in [-0.25, -0.2) is 4.98 Å². The Morgan fingerprint density at radius 3 is 2.68 bits per heavy atom. The summed E-state index contributed by atoms with van der Waals surface area (Å²) in [5, 5.41) is 9.23. The summed E-state index contributed by atoms with van der Waals surface area (Å²) in [4.78, 5) is 4.65. The molecule has 0 amide bonds. The Morgan fingerprint density at radius 2 is 1.84 bits per heavy atom. The molecule has 0 spiro atoms. The number of anilines is 1. The molecule has 1 heterocycles. The molecular formula is C20H21Cl2N3. The first-order valence-electron chi connectivity index (χ1n) is 8.39. The van der Waals surface area contributed by atoms with E-state index in [1.54, 1.807) is 0 Å². The molecule has 25 heavy (non-hydrogen) atoms. The molecule has 0 bridgehead atoms. The molecule has 3 nitrogen and oxygen atoms in total. The fourth-order valence-electron chi connectivity index (χ4n) is 2.67. The molecule has 5 heteroatoms. The largest absolute Gasteiger partial charge is 0.368 e. The maximum Gasteiger partial charge on any atom is 0.126 e. The average Bonchev–Trinajstić information content (AvgIpc) is 2.61. The second-order valence-electron chi connectivity index (χ2n) is 6.15. The van der Waals surface area contributed by atoms with Gasteiger partial charge in [0.1, 0.15) is 5.82 Å². The van der Waals surface area contributed by atoms with Gasteiger partial charge in [0, 0.05) is 18.0 Å². The highest BCUT2D eigenvalue weighted by molar-refractivity contribution is 6.42. The van der Waals surface area contributed by atoms with E-state index in [9.17, 15) is 0 Å². The van der Waals surface area contributed by atoms with E-state index in [0.717, 1.165) is 41.8 Å². The van der Waals surface area contributed by atoms with Crippen molar-refractivity contribution in [1.29, 1.82) is 0 Å². The van der Waals surface area contributed by atoms with Gasteiger partial charge in [0.15, 0.2) is 0 Å². The van der Waals surface area contributed by atoms with Crippen molar-refractivity contribution in [2.24, 2.45) is 0 Å². The normalized spacial score (nSPS) is 12.3. The number of para-hydroxylation sites is 1. The molecule has 2 N–H and O–H groups in total. The van der Waals surface area contributed by atoms with Gasteiger partial charge in [-0.05, 0) is 55.8 Å². The lowest BCUT2D eigenvalue weighted by molar-refractivity contribution is 0.608. The molecule has 1 atom stereocenters. The summed E-state index contributed by atoms with van der Waals surface area (Å²) in [5.74, 6) is 0.913. The Kier molecular flexibility index (Phi) is 6.14. The van der Waals surface area contributed by atoms with Crippen molar-refractivity contribution in [3.05, 3.63) is 70.2 Å². The highest BCUT2D eigenvalue weighted by Gasteiger charge is 2.04. The summed E-state index contributed by atoms with van der Waals surface area (Å²) in [6, 6.07) is 18.3. The van der Waals surface area contributed by atoms with Crippen LogP contribution in [0.2, 0.25) is 10.0 Å². The van der Waals surface area contributed by atoms with Gasteiger partial charge >= 0.3 is 0 Å². The van der Waals surface area contributed by atoms with Crippen LogP contribution in [0.5, 0.6) is 0 Å². The minimum Gasteiger partial charge on any atom is -0.368 e. The number of fused-ring (bicyclic) bond motifs is 1. The van der Waals surface area contributed by atoms with E-state index in [4.69, 9.17) is 23.2 Å². The zero-order valence-electron chi connectivity index (χ0n) is 14.1. The first kappa shape index (κ1) is 18.0. The molecule has 3 rings (SSSR count). The van der Waals surface area contributed by atoms with Gasteiger partial charge in [0.05, 0.1) is 15.6 Å². The van der Waals surface area contributed by atoms with E-state index < -0.39 is 0 Å². The Morgan fingerprint density at radius 1 is 1.00 bits per heavy atom. The molecule has 0 aliphatic heterocycles. The maximum atomic E-state index is 6.03. The fourth-order valence-corrected chi connectivity index (χ4v) is 2.99. The van der Waals surface area contributed by atoms with Crippen LogP contribution in [0, 0.1) is 0 Å². The Hall–Kier alpha value is -1.81. The minimum atomic E-state index is 0.329. The number of hydrogen-bond donors (Lipinski definition) is 2. The lowest BCUT2D eigenvalue weighted by Crippen LogP contribution is -2.23.